The van der Waals surface area contributed by atoms with Crippen molar-refractivity contribution in [1.82, 2.24) is 9.80 Å². The van der Waals surface area contributed by atoms with Gasteiger partial charge in [-0.15, -0.1) is 12.8 Å². The molecule has 0 aliphatic rings. The van der Waals surface area contributed by atoms with Crippen LogP contribution in [0.4, 0.5) is 0 Å². The van der Waals surface area contributed by atoms with Crippen molar-refractivity contribution in [2.24, 2.45) is 0 Å². The summed E-state index contributed by atoms with van der Waals surface area (Å²) in [4.78, 5) is 4.40. The molecule has 0 aromatic rings. The van der Waals surface area contributed by atoms with Crippen molar-refractivity contribution in [2.45, 2.75) is 91.4 Å². The van der Waals surface area contributed by atoms with Crippen LogP contribution in [-0.2, 0) is 0 Å². The van der Waals surface area contributed by atoms with Crippen LogP contribution in [0.3, 0.4) is 0 Å². The van der Waals surface area contributed by atoms with Crippen molar-refractivity contribution in [2.75, 3.05) is 13.1 Å². The lowest BCUT2D eigenvalue weighted by atomic mass is 10.1. The highest BCUT2D eigenvalue weighted by Gasteiger charge is 2.21. The maximum Gasteiger partial charge on any atom is 0.0847 e. The fourth-order valence-corrected chi connectivity index (χ4v) is 3.03. The predicted octanol–water partition coefficient (Wildman–Crippen LogP) is 4.04. The number of hydrogen-bond acceptors (Lipinski definition) is 4. The molecule has 0 aromatic heterocycles. The number of rotatable bonds is 10. The van der Waals surface area contributed by atoms with Crippen LogP contribution in [0.25, 0.3) is 0 Å². The van der Waals surface area contributed by atoms with Crippen LogP contribution < -0.4 is 0 Å². The van der Waals surface area contributed by atoms with Crippen molar-refractivity contribution in [3.05, 3.63) is 0 Å². The molecule has 0 aliphatic carbocycles. The Bertz CT molecular complexity index is 496. The fourth-order valence-electron chi connectivity index (χ4n) is 3.03. The van der Waals surface area contributed by atoms with E-state index in [2.05, 4.69) is 75.3 Å². The van der Waals surface area contributed by atoms with Gasteiger partial charge >= 0.3 is 0 Å². The molecule has 0 spiro atoms. The monoisotopic (exact) mass is 356 g/mol. The summed E-state index contributed by atoms with van der Waals surface area (Å²) < 4.78 is 0. The summed E-state index contributed by atoms with van der Waals surface area (Å²) in [5.74, 6) is 5.35. The lowest BCUT2D eigenvalue weighted by Gasteiger charge is -2.34. The third-order valence-electron chi connectivity index (χ3n) is 3.97. The second kappa shape index (κ2) is 16.5. The normalized spacial score (nSPS) is 12.5. The lowest BCUT2D eigenvalue weighted by molar-refractivity contribution is 0.145. The molecule has 0 bridgehead atoms. The van der Waals surface area contributed by atoms with Crippen LogP contribution >= 0.6 is 0 Å². The van der Waals surface area contributed by atoms with E-state index in [0.29, 0.717) is 24.9 Å². The number of hydrogen-bond donors (Lipinski definition) is 0. The zero-order valence-electron chi connectivity index (χ0n) is 17.5. The summed E-state index contributed by atoms with van der Waals surface area (Å²) in [6.07, 6.45) is 13.8. The minimum absolute atomic E-state index is 0.00454. The Hall–Kier alpha value is -1.98. The van der Waals surface area contributed by atoms with Crippen molar-refractivity contribution < 1.29 is 0 Å². The van der Waals surface area contributed by atoms with Gasteiger partial charge in [-0.25, -0.2) is 0 Å². The third kappa shape index (κ3) is 10.8. The van der Waals surface area contributed by atoms with Gasteiger partial charge in [-0.05, 0) is 53.6 Å². The van der Waals surface area contributed by atoms with Gasteiger partial charge in [-0.1, -0.05) is 25.7 Å². The van der Waals surface area contributed by atoms with Gasteiger partial charge in [0.05, 0.1) is 37.1 Å². The Morgan fingerprint density at radius 3 is 1.42 bits per heavy atom. The van der Waals surface area contributed by atoms with E-state index < -0.39 is 0 Å². The standard InChI is InChI=1S/2C11H18N2/c1-6-11(7-8-12)13(9(2)3)10(4)5;1-4-9-13(10-5-2)11(6-3)7-8-12/h1,9-11H,7H2,2-5H3;3,11H,4-5,7,9-10H2,1-2H3. The zero-order chi connectivity index (χ0) is 20.5. The van der Waals surface area contributed by atoms with Crippen LogP contribution in [-0.4, -0.2) is 47.1 Å². The minimum atomic E-state index is -0.0509. The van der Waals surface area contributed by atoms with E-state index in [9.17, 15) is 0 Å². The summed E-state index contributed by atoms with van der Waals surface area (Å²) in [6, 6.07) is 4.98. The average molecular weight is 357 g/mol. The average Bonchev–Trinajstić information content (AvgIpc) is 2.59. The molecule has 0 amide bonds. The summed E-state index contributed by atoms with van der Waals surface area (Å²) in [5, 5.41) is 17.2. The van der Waals surface area contributed by atoms with Crippen LogP contribution in [0.1, 0.15) is 67.2 Å². The number of nitrogens with zero attached hydrogens (tertiary/aromatic N) is 4. The second-order valence-corrected chi connectivity index (χ2v) is 6.76. The molecule has 0 aliphatic heterocycles. The van der Waals surface area contributed by atoms with E-state index in [1.165, 1.54) is 0 Å². The number of terminal acetylenes is 2. The Morgan fingerprint density at radius 1 is 0.769 bits per heavy atom. The summed E-state index contributed by atoms with van der Waals surface area (Å²) in [6.45, 7) is 14.6. The first-order valence-corrected chi connectivity index (χ1v) is 9.51. The smallest absolute Gasteiger partial charge is 0.0847 e. The largest absolute Gasteiger partial charge is 0.289 e. The van der Waals surface area contributed by atoms with Gasteiger partial charge in [-0.3, -0.25) is 9.80 Å². The van der Waals surface area contributed by atoms with E-state index in [1.807, 2.05) is 0 Å². The second-order valence-electron chi connectivity index (χ2n) is 6.76. The van der Waals surface area contributed by atoms with Gasteiger partial charge in [0.2, 0.25) is 0 Å². The van der Waals surface area contributed by atoms with Gasteiger partial charge < -0.3 is 0 Å². The van der Waals surface area contributed by atoms with Crippen molar-refractivity contribution >= 4 is 0 Å². The first kappa shape index (κ1) is 26.3. The molecule has 0 heterocycles. The molecule has 144 valence electrons. The predicted molar refractivity (Wildman–Crippen MR) is 110 cm³/mol. The Kier molecular flexibility index (Phi) is 16.6. The maximum atomic E-state index is 8.61. The quantitative estimate of drug-likeness (QED) is 0.554. The molecule has 0 radical (unpaired) electrons. The first-order valence-electron chi connectivity index (χ1n) is 9.51. The van der Waals surface area contributed by atoms with Gasteiger partial charge in [0.1, 0.15) is 0 Å². The molecule has 4 heteroatoms. The molecule has 0 N–H and O–H groups in total. The summed E-state index contributed by atoms with van der Waals surface area (Å²) in [5.41, 5.74) is 0. The van der Waals surface area contributed by atoms with Crippen molar-refractivity contribution in [3.63, 3.8) is 0 Å². The molecule has 0 aromatic carbocycles. The van der Waals surface area contributed by atoms with Gasteiger partial charge in [0.15, 0.2) is 0 Å². The minimum Gasteiger partial charge on any atom is -0.289 e. The van der Waals surface area contributed by atoms with E-state index in [0.717, 1.165) is 25.9 Å². The molecule has 0 fully saturated rings. The van der Waals surface area contributed by atoms with E-state index in [1.54, 1.807) is 0 Å². The maximum absolute atomic E-state index is 8.61. The molecule has 0 saturated carbocycles. The molecular formula is C22H36N4. The van der Waals surface area contributed by atoms with Crippen molar-refractivity contribution in [3.8, 4) is 36.8 Å². The molecular weight excluding hydrogens is 320 g/mol. The van der Waals surface area contributed by atoms with E-state index in [-0.39, 0.29) is 12.1 Å². The highest BCUT2D eigenvalue weighted by Crippen LogP contribution is 2.12. The SMILES string of the molecule is C#CC(CC#N)N(C(C)C)C(C)C.C#CC(CC#N)N(CCC)CCC. The summed E-state index contributed by atoms with van der Waals surface area (Å²) >= 11 is 0. The fraction of sp³-hybridized carbons (Fsp3) is 0.727. The van der Waals surface area contributed by atoms with Crippen LogP contribution in [0, 0.1) is 47.3 Å². The van der Waals surface area contributed by atoms with E-state index >= 15 is 0 Å². The third-order valence-corrected chi connectivity index (χ3v) is 3.97. The van der Waals surface area contributed by atoms with Crippen LogP contribution in [0.15, 0.2) is 0 Å². The Labute approximate surface area is 162 Å². The van der Waals surface area contributed by atoms with Gasteiger partial charge in [0.25, 0.3) is 0 Å². The van der Waals surface area contributed by atoms with Crippen LogP contribution in [0.2, 0.25) is 0 Å². The highest BCUT2D eigenvalue weighted by atomic mass is 15.2. The Balaban J connectivity index is 0. The van der Waals surface area contributed by atoms with Crippen LogP contribution in [0.5, 0.6) is 0 Å². The first-order chi connectivity index (χ1) is 12.3. The zero-order valence-corrected chi connectivity index (χ0v) is 17.5. The molecule has 4 nitrogen and oxygen atoms in total. The molecule has 2 unspecified atom stereocenters. The topological polar surface area (TPSA) is 54.1 Å². The van der Waals surface area contributed by atoms with E-state index in [4.69, 9.17) is 23.4 Å². The lowest BCUT2D eigenvalue weighted by Crippen LogP contribution is -2.44. The van der Waals surface area contributed by atoms with Crippen molar-refractivity contribution in [1.29, 1.82) is 10.5 Å². The summed E-state index contributed by atoms with van der Waals surface area (Å²) in [7, 11) is 0. The Morgan fingerprint density at radius 2 is 1.15 bits per heavy atom. The molecule has 2 atom stereocenters. The molecule has 26 heavy (non-hydrogen) atoms. The number of nitriles is 2. The van der Waals surface area contributed by atoms with Gasteiger partial charge in [-0.2, -0.15) is 10.5 Å². The highest BCUT2D eigenvalue weighted by molar-refractivity contribution is 5.05. The molecule has 0 saturated heterocycles. The molecule has 0 rings (SSSR count). The van der Waals surface area contributed by atoms with Gasteiger partial charge in [0, 0.05) is 12.1 Å².